The number of aliphatic hydroxyl groups is 1. The van der Waals surface area contributed by atoms with Crippen LogP contribution in [0, 0.1) is 0 Å². The van der Waals surface area contributed by atoms with Crippen molar-refractivity contribution < 1.29 is 13.5 Å². The Morgan fingerprint density at radius 3 is 2.63 bits per heavy atom. The summed E-state index contributed by atoms with van der Waals surface area (Å²) in [6.07, 6.45) is 0.643. The summed E-state index contributed by atoms with van der Waals surface area (Å²) in [6, 6.07) is 6.43. The van der Waals surface area contributed by atoms with E-state index in [0.29, 0.717) is 13.0 Å². The van der Waals surface area contributed by atoms with Crippen LogP contribution in [0.4, 0.5) is 0 Å². The molecule has 0 fully saturated rings. The number of nitrogens with one attached hydrogen (secondary N) is 1. The van der Waals surface area contributed by atoms with E-state index in [4.69, 9.17) is 5.14 Å². The number of primary sulfonamides is 1. The molecule has 6 heteroatoms. The second kappa shape index (κ2) is 6.00. The fourth-order valence-electron chi connectivity index (χ4n) is 1.58. The summed E-state index contributed by atoms with van der Waals surface area (Å²) in [4.78, 5) is 0.0981. The summed E-state index contributed by atoms with van der Waals surface area (Å²) in [6.45, 7) is 6.01. The van der Waals surface area contributed by atoms with Gasteiger partial charge in [-0.1, -0.05) is 19.1 Å². The van der Waals surface area contributed by atoms with Crippen LogP contribution in [0.2, 0.25) is 0 Å². The lowest BCUT2D eigenvalue weighted by Gasteiger charge is -2.24. The van der Waals surface area contributed by atoms with Gasteiger partial charge in [0.1, 0.15) is 0 Å². The normalized spacial score (nSPS) is 16.9. The highest BCUT2D eigenvalue weighted by atomic mass is 32.2. The first-order valence-electron chi connectivity index (χ1n) is 6.24. The molecule has 0 saturated heterocycles. The first-order valence-corrected chi connectivity index (χ1v) is 7.79. The Morgan fingerprint density at radius 2 is 2.11 bits per heavy atom. The zero-order valence-corrected chi connectivity index (χ0v) is 12.4. The maximum absolute atomic E-state index is 11.3. The van der Waals surface area contributed by atoms with Crippen LogP contribution >= 0.6 is 0 Å². The largest absolute Gasteiger partial charge is 0.389 e. The highest BCUT2D eigenvalue weighted by Gasteiger charge is 2.19. The lowest BCUT2D eigenvalue weighted by molar-refractivity contribution is 0.0533. The van der Waals surface area contributed by atoms with E-state index in [1.54, 1.807) is 19.1 Å². The van der Waals surface area contributed by atoms with Gasteiger partial charge in [-0.25, -0.2) is 13.6 Å². The van der Waals surface area contributed by atoms with Crippen molar-refractivity contribution in [3.63, 3.8) is 0 Å². The van der Waals surface area contributed by atoms with Gasteiger partial charge in [-0.15, -0.1) is 0 Å². The molecule has 19 heavy (non-hydrogen) atoms. The molecule has 1 aromatic rings. The van der Waals surface area contributed by atoms with Crippen LogP contribution < -0.4 is 10.5 Å². The Hall–Kier alpha value is -0.950. The zero-order chi connectivity index (χ0) is 14.7. The fourth-order valence-corrected chi connectivity index (χ4v) is 2.15. The van der Waals surface area contributed by atoms with E-state index >= 15 is 0 Å². The fraction of sp³-hybridized carbons (Fsp3) is 0.538. The average Bonchev–Trinajstić information content (AvgIpc) is 2.35. The second-order valence-corrected chi connectivity index (χ2v) is 6.63. The third-order valence-corrected chi connectivity index (χ3v) is 4.15. The van der Waals surface area contributed by atoms with Crippen molar-refractivity contribution in [2.24, 2.45) is 5.14 Å². The summed E-state index contributed by atoms with van der Waals surface area (Å²) in [5.74, 6) is 0. The smallest absolute Gasteiger partial charge is 0.238 e. The van der Waals surface area contributed by atoms with Crippen molar-refractivity contribution in [3.8, 4) is 0 Å². The minimum Gasteiger partial charge on any atom is -0.389 e. The van der Waals surface area contributed by atoms with E-state index in [9.17, 15) is 13.5 Å². The monoisotopic (exact) mass is 286 g/mol. The second-order valence-electron chi connectivity index (χ2n) is 5.07. The molecule has 2 atom stereocenters. The van der Waals surface area contributed by atoms with Gasteiger partial charge in [0.05, 0.1) is 10.5 Å². The maximum Gasteiger partial charge on any atom is 0.238 e. The van der Waals surface area contributed by atoms with Crippen molar-refractivity contribution in [1.82, 2.24) is 5.32 Å². The molecule has 0 aromatic heterocycles. The number of hydrogen-bond donors (Lipinski definition) is 3. The zero-order valence-electron chi connectivity index (χ0n) is 11.6. The topological polar surface area (TPSA) is 92.4 Å². The van der Waals surface area contributed by atoms with E-state index in [1.165, 1.54) is 6.07 Å². The average molecular weight is 286 g/mol. The highest BCUT2D eigenvalue weighted by Crippen LogP contribution is 2.17. The number of sulfonamides is 1. The molecule has 1 rings (SSSR count). The van der Waals surface area contributed by atoms with Gasteiger partial charge in [0.2, 0.25) is 10.0 Å². The van der Waals surface area contributed by atoms with Crippen LogP contribution in [0.1, 0.15) is 38.8 Å². The van der Waals surface area contributed by atoms with Crippen molar-refractivity contribution in [3.05, 3.63) is 29.8 Å². The van der Waals surface area contributed by atoms with Gasteiger partial charge < -0.3 is 10.4 Å². The van der Waals surface area contributed by atoms with E-state index in [-0.39, 0.29) is 10.9 Å². The summed E-state index contributed by atoms with van der Waals surface area (Å²) in [5, 5.41) is 18.2. The van der Waals surface area contributed by atoms with Crippen molar-refractivity contribution in [2.75, 3.05) is 6.54 Å². The molecular formula is C13H22N2O3S. The van der Waals surface area contributed by atoms with Gasteiger partial charge in [-0.3, -0.25) is 0 Å². The quantitative estimate of drug-likeness (QED) is 0.731. The van der Waals surface area contributed by atoms with Crippen LogP contribution in [0.5, 0.6) is 0 Å². The summed E-state index contributed by atoms with van der Waals surface area (Å²) in [5.41, 5.74) is 0.0460. The Bertz CT molecular complexity index is 526. The van der Waals surface area contributed by atoms with Crippen molar-refractivity contribution in [2.45, 2.75) is 43.7 Å². The maximum atomic E-state index is 11.3. The van der Waals surface area contributed by atoms with E-state index in [0.717, 1.165) is 5.56 Å². The lowest BCUT2D eigenvalue weighted by Crippen LogP contribution is -2.38. The number of hydrogen-bond acceptors (Lipinski definition) is 4. The number of benzene rings is 1. The molecule has 0 aliphatic heterocycles. The third-order valence-electron chi connectivity index (χ3n) is 3.24. The van der Waals surface area contributed by atoms with Gasteiger partial charge >= 0.3 is 0 Å². The van der Waals surface area contributed by atoms with Crippen LogP contribution in [-0.4, -0.2) is 25.7 Å². The summed E-state index contributed by atoms with van der Waals surface area (Å²) in [7, 11) is -3.68. The predicted molar refractivity (Wildman–Crippen MR) is 75.1 cm³/mol. The molecule has 0 spiro atoms. The Labute approximate surface area is 114 Å². The summed E-state index contributed by atoms with van der Waals surface area (Å²) < 4.78 is 22.6. The molecule has 0 bridgehead atoms. The molecule has 5 nitrogen and oxygen atoms in total. The SMILES string of the molecule is CCC(C)(O)CNC(C)c1cccc(S(N)(=O)=O)c1. The van der Waals surface area contributed by atoms with Crippen LogP contribution in [-0.2, 0) is 10.0 Å². The number of rotatable bonds is 6. The molecular weight excluding hydrogens is 264 g/mol. The first kappa shape index (κ1) is 16.1. The van der Waals surface area contributed by atoms with Gasteiger partial charge in [0, 0.05) is 12.6 Å². The molecule has 0 radical (unpaired) electrons. The standard InChI is InChI=1S/C13H22N2O3S/c1-4-13(3,16)9-15-10(2)11-6-5-7-12(8-11)19(14,17)18/h5-8,10,15-16H,4,9H2,1-3H3,(H2,14,17,18). The molecule has 108 valence electrons. The van der Waals surface area contributed by atoms with Crippen LogP contribution in [0.3, 0.4) is 0 Å². The van der Waals surface area contributed by atoms with Gasteiger partial charge in [-0.2, -0.15) is 0 Å². The summed E-state index contributed by atoms with van der Waals surface area (Å²) >= 11 is 0. The Balaban J connectivity index is 2.81. The molecule has 0 aliphatic rings. The first-order chi connectivity index (χ1) is 8.65. The van der Waals surface area contributed by atoms with Crippen molar-refractivity contribution in [1.29, 1.82) is 0 Å². The molecule has 0 heterocycles. The van der Waals surface area contributed by atoms with E-state index < -0.39 is 15.6 Å². The van der Waals surface area contributed by atoms with E-state index in [2.05, 4.69) is 5.32 Å². The van der Waals surface area contributed by atoms with Crippen LogP contribution in [0.25, 0.3) is 0 Å². The lowest BCUT2D eigenvalue weighted by atomic mass is 10.0. The van der Waals surface area contributed by atoms with Gasteiger partial charge in [-0.05, 0) is 38.0 Å². The minimum atomic E-state index is -3.68. The number of nitrogens with two attached hydrogens (primary N) is 1. The molecule has 2 unspecified atom stereocenters. The molecule has 0 aliphatic carbocycles. The molecule has 4 N–H and O–H groups in total. The molecule has 0 amide bonds. The predicted octanol–water partition coefficient (Wildman–Crippen LogP) is 1.15. The van der Waals surface area contributed by atoms with Crippen LogP contribution in [0.15, 0.2) is 29.2 Å². The van der Waals surface area contributed by atoms with E-state index in [1.807, 2.05) is 19.9 Å². The Kier molecular flexibility index (Phi) is 5.09. The highest BCUT2D eigenvalue weighted by molar-refractivity contribution is 7.89. The minimum absolute atomic E-state index is 0.0697. The van der Waals surface area contributed by atoms with Gasteiger partial charge in [0.15, 0.2) is 0 Å². The third kappa shape index (κ3) is 4.91. The van der Waals surface area contributed by atoms with Gasteiger partial charge in [0.25, 0.3) is 0 Å². The van der Waals surface area contributed by atoms with Crippen molar-refractivity contribution >= 4 is 10.0 Å². The molecule has 1 aromatic carbocycles. The Morgan fingerprint density at radius 1 is 1.47 bits per heavy atom. The molecule has 0 saturated carbocycles.